The summed E-state index contributed by atoms with van der Waals surface area (Å²) in [6.07, 6.45) is 9.75. The van der Waals surface area contributed by atoms with Gasteiger partial charge >= 0.3 is 0 Å². The highest BCUT2D eigenvalue weighted by atomic mass is 16.1. The minimum absolute atomic E-state index is 0.311. The van der Waals surface area contributed by atoms with Crippen LogP contribution in [0.2, 0.25) is 0 Å². The van der Waals surface area contributed by atoms with Crippen LogP contribution in [0.4, 0.5) is 0 Å². The van der Waals surface area contributed by atoms with Gasteiger partial charge in [-0.15, -0.1) is 0 Å². The van der Waals surface area contributed by atoms with E-state index in [4.69, 9.17) is 0 Å². The van der Waals surface area contributed by atoms with Crippen molar-refractivity contribution in [3.63, 3.8) is 0 Å². The molecule has 1 aliphatic rings. The molecule has 0 bridgehead atoms. The summed E-state index contributed by atoms with van der Waals surface area (Å²) in [6, 6.07) is 0. The third kappa shape index (κ3) is 3.13. The summed E-state index contributed by atoms with van der Waals surface area (Å²) in [5, 5.41) is 0. The molecule has 1 rings (SSSR count). The molecule has 0 aliphatic heterocycles. The van der Waals surface area contributed by atoms with Gasteiger partial charge in [0.15, 0.2) is 5.78 Å². The van der Waals surface area contributed by atoms with E-state index in [1.54, 1.807) is 0 Å². The highest BCUT2D eigenvalue weighted by Crippen LogP contribution is 2.36. The molecule has 0 amide bonds. The highest BCUT2D eigenvalue weighted by molar-refractivity contribution is 5.95. The number of allylic oxidation sites excluding steroid dienone is 4. The third-order valence-corrected chi connectivity index (χ3v) is 2.70. The maximum atomic E-state index is 11.7. The van der Waals surface area contributed by atoms with Gasteiger partial charge in [-0.3, -0.25) is 4.79 Å². The average molecular weight is 192 g/mol. The lowest BCUT2D eigenvalue weighted by atomic mass is 9.88. The molecular formula is C13H20O. The van der Waals surface area contributed by atoms with E-state index in [2.05, 4.69) is 26.0 Å². The van der Waals surface area contributed by atoms with Crippen molar-refractivity contribution in [2.75, 3.05) is 0 Å². The number of hydrogen-bond acceptors (Lipinski definition) is 1. The molecule has 0 N–H and O–H groups in total. The van der Waals surface area contributed by atoms with E-state index in [0.717, 1.165) is 24.8 Å². The van der Waals surface area contributed by atoms with E-state index in [9.17, 15) is 4.79 Å². The van der Waals surface area contributed by atoms with E-state index in [-0.39, 0.29) is 0 Å². The van der Waals surface area contributed by atoms with Crippen LogP contribution in [-0.2, 0) is 4.79 Å². The van der Waals surface area contributed by atoms with Crippen LogP contribution >= 0.6 is 0 Å². The number of hydrogen-bond donors (Lipinski definition) is 0. The monoisotopic (exact) mass is 192 g/mol. The first-order chi connectivity index (χ1) is 6.55. The van der Waals surface area contributed by atoms with Crippen LogP contribution in [0.3, 0.4) is 0 Å². The minimum atomic E-state index is 0.311. The maximum absolute atomic E-state index is 11.7. The smallest absolute Gasteiger partial charge is 0.158 e. The summed E-state index contributed by atoms with van der Waals surface area (Å²) >= 11 is 0. The standard InChI is InChI=1S/C13H20O/c1-4-5-6-7-12(14)11-8-9-13(2,3)10-11/h4-5,8H,6-7,9-10H2,1-3H3. The van der Waals surface area contributed by atoms with E-state index < -0.39 is 0 Å². The average Bonchev–Trinajstić information content (AvgIpc) is 2.46. The van der Waals surface area contributed by atoms with Crippen molar-refractivity contribution in [1.29, 1.82) is 0 Å². The van der Waals surface area contributed by atoms with Crippen molar-refractivity contribution in [3.8, 4) is 0 Å². The summed E-state index contributed by atoms with van der Waals surface area (Å²) in [4.78, 5) is 11.7. The summed E-state index contributed by atoms with van der Waals surface area (Å²) in [7, 11) is 0. The topological polar surface area (TPSA) is 17.1 Å². The largest absolute Gasteiger partial charge is 0.295 e. The molecule has 0 saturated carbocycles. The van der Waals surface area contributed by atoms with Crippen molar-refractivity contribution >= 4 is 5.78 Å². The number of carbonyl (C=O) groups is 1. The molecule has 1 aliphatic carbocycles. The molecule has 0 heterocycles. The Hall–Kier alpha value is -0.850. The zero-order chi connectivity index (χ0) is 10.6. The van der Waals surface area contributed by atoms with E-state index >= 15 is 0 Å². The lowest BCUT2D eigenvalue weighted by molar-refractivity contribution is -0.115. The zero-order valence-corrected chi connectivity index (χ0v) is 9.47. The molecule has 0 fully saturated rings. The Bertz CT molecular complexity index is 269. The summed E-state index contributed by atoms with van der Waals surface area (Å²) in [6.45, 7) is 6.42. The second-order valence-corrected chi connectivity index (χ2v) is 4.81. The van der Waals surface area contributed by atoms with Crippen LogP contribution in [-0.4, -0.2) is 5.78 Å². The Morgan fingerprint density at radius 2 is 2.29 bits per heavy atom. The highest BCUT2D eigenvalue weighted by Gasteiger charge is 2.27. The first-order valence-electron chi connectivity index (χ1n) is 5.38. The Morgan fingerprint density at radius 1 is 1.57 bits per heavy atom. The lowest BCUT2D eigenvalue weighted by Crippen LogP contribution is -2.08. The molecule has 0 saturated heterocycles. The number of rotatable bonds is 4. The van der Waals surface area contributed by atoms with Gasteiger partial charge in [-0.05, 0) is 37.2 Å². The maximum Gasteiger partial charge on any atom is 0.158 e. The summed E-state index contributed by atoms with van der Waals surface area (Å²) in [5.41, 5.74) is 1.37. The van der Waals surface area contributed by atoms with Crippen molar-refractivity contribution in [2.45, 2.75) is 46.5 Å². The lowest BCUT2D eigenvalue weighted by Gasteiger charge is -2.16. The minimum Gasteiger partial charge on any atom is -0.295 e. The molecule has 1 nitrogen and oxygen atoms in total. The molecular weight excluding hydrogens is 172 g/mol. The molecule has 78 valence electrons. The van der Waals surface area contributed by atoms with Gasteiger partial charge in [0.25, 0.3) is 0 Å². The van der Waals surface area contributed by atoms with Crippen molar-refractivity contribution in [1.82, 2.24) is 0 Å². The SMILES string of the molecule is CC=CCCC(=O)C1=CCC(C)(C)C1. The van der Waals surface area contributed by atoms with Crippen LogP contribution in [0, 0.1) is 5.41 Å². The summed E-state index contributed by atoms with van der Waals surface area (Å²) in [5.74, 6) is 0.341. The van der Waals surface area contributed by atoms with Crippen molar-refractivity contribution in [3.05, 3.63) is 23.8 Å². The first-order valence-corrected chi connectivity index (χ1v) is 5.38. The quantitative estimate of drug-likeness (QED) is 0.621. The van der Waals surface area contributed by atoms with E-state index in [1.165, 1.54) is 0 Å². The molecule has 0 unspecified atom stereocenters. The fourth-order valence-corrected chi connectivity index (χ4v) is 1.81. The third-order valence-electron chi connectivity index (χ3n) is 2.70. The van der Waals surface area contributed by atoms with Crippen molar-refractivity contribution < 1.29 is 4.79 Å². The van der Waals surface area contributed by atoms with Crippen LogP contribution < -0.4 is 0 Å². The van der Waals surface area contributed by atoms with Crippen LogP contribution in [0.15, 0.2) is 23.8 Å². The van der Waals surface area contributed by atoms with Gasteiger partial charge in [-0.25, -0.2) is 0 Å². The van der Waals surface area contributed by atoms with Gasteiger partial charge in [0.05, 0.1) is 0 Å². The second kappa shape index (κ2) is 4.59. The van der Waals surface area contributed by atoms with E-state index in [1.807, 2.05) is 13.0 Å². The van der Waals surface area contributed by atoms with Gasteiger partial charge in [0, 0.05) is 6.42 Å². The molecule has 0 aromatic rings. The molecule has 1 heteroatoms. The normalized spacial score (nSPS) is 20.1. The fourth-order valence-electron chi connectivity index (χ4n) is 1.81. The van der Waals surface area contributed by atoms with Crippen LogP contribution in [0.5, 0.6) is 0 Å². The molecule has 0 spiro atoms. The Labute approximate surface area is 86.9 Å². The molecule has 14 heavy (non-hydrogen) atoms. The molecule has 0 radical (unpaired) electrons. The number of Topliss-reactive ketones (excluding diaryl/α,β-unsaturated/α-hetero) is 1. The Morgan fingerprint density at radius 3 is 2.79 bits per heavy atom. The predicted molar refractivity (Wildman–Crippen MR) is 60.2 cm³/mol. The Balaban J connectivity index is 2.40. The van der Waals surface area contributed by atoms with Gasteiger partial charge in [0.1, 0.15) is 0 Å². The van der Waals surface area contributed by atoms with Crippen LogP contribution in [0.1, 0.15) is 46.5 Å². The van der Waals surface area contributed by atoms with Gasteiger partial charge in [-0.1, -0.05) is 32.1 Å². The summed E-state index contributed by atoms with van der Waals surface area (Å²) < 4.78 is 0. The van der Waals surface area contributed by atoms with Gasteiger partial charge in [0.2, 0.25) is 0 Å². The zero-order valence-electron chi connectivity index (χ0n) is 9.47. The molecule has 0 aromatic heterocycles. The second-order valence-electron chi connectivity index (χ2n) is 4.81. The van der Waals surface area contributed by atoms with E-state index in [0.29, 0.717) is 17.6 Å². The molecule has 0 atom stereocenters. The number of carbonyl (C=O) groups excluding carboxylic acids is 1. The van der Waals surface area contributed by atoms with Crippen LogP contribution in [0.25, 0.3) is 0 Å². The fraction of sp³-hybridized carbons (Fsp3) is 0.615. The first kappa shape index (κ1) is 11.2. The number of ketones is 1. The Kier molecular flexibility index (Phi) is 3.68. The van der Waals surface area contributed by atoms with Gasteiger partial charge < -0.3 is 0 Å². The predicted octanol–water partition coefficient (Wildman–Crippen LogP) is 3.66. The van der Waals surface area contributed by atoms with Gasteiger partial charge in [-0.2, -0.15) is 0 Å². The van der Waals surface area contributed by atoms with Crippen molar-refractivity contribution in [2.24, 2.45) is 5.41 Å². The molecule has 0 aromatic carbocycles.